The Labute approximate surface area is 112 Å². The van der Waals surface area contributed by atoms with Crippen molar-refractivity contribution in [3.63, 3.8) is 0 Å². The third kappa shape index (κ3) is 3.36. The van der Waals surface area contributed by atoms with Gasteiger partial charge < -0.3 is 14.6 Å². The zero-order chi connectivity index (χ0) is 13.8. The number of carboxylic acids is 1. The molecule has 0 radical (unpaired) electrons. The summed E-state index contributed by atoms with van der Waals surface area (Å²) in [6.45, 7) is 3.38. The fraction of sp³-hybridized carbons (Fsp3) is 0.643. The van der Waals surface area contributed by atoms with Crippen molar-refractivity contribution < 1.29 is 19.4 Å². The van der Waals surface area contributed by atoms with Crippen molar-refractivity contribution in [2.45, 2.75) is 45.2 Å². The molecule has 1 aromatic rings. The highest BCUT2D eigenvalue weighted by Gasteiger charge is 2.26. The highest BCUT2D eigenvalue weighted by atomic mass is 16.4. The van der Waals surface area contributed by atoms with Gasteiger partial charge in [-0.1, -0.05) is 6.42 Å². The van der Waals surface area contributed by atoms with Crippen LogP contribution in [0, 0.1) is 6.92 Å². The molecular weight excluding hydrogens is 246 g/mol. The van der Waals surface area contributed by atoms with E-state index >= 15 is 0 Å². The third-order valence-corrected chi connectivity index (χ3v) is 3.72. The molecule has 2 rings (SSSR count). The lowest BCUT2D eigenvalue weighted by Gasteiger charge is -2.37. The van der Waals surface area contributed by atoms with Crippen LogP contribution in [0.15, 0.2) is 10.5 Å². The van der Waals surface area contributed by atoms with Gasteiger partial charge in [-0.05, 0) is 32.3 Å². The number of carbonyl (C=O) groups is 1. The lowest BCUT2D eigenvalue weighted by molar-refractivity contribution is 0.0651. The standard InChI is InChI=1S/C14H21NO4/c1-10-8-12(19-13(10)14(17)18)9-15(6-3-7-16)11-4-2-5-11/h8,11,16H,2-7,9H2,1H3,(H,17,18). The molecule has 1 aliphatic rings. The Morgan fingerprint density at radius 3 is 2.74 bits per heavy atom. The van der Waals surface area contributed by atoms with Gasteiger partial charge >= 0.3 is 5.97 Å². The second-order valence-electron chi connectivity index (χ2n) is 5.16. The number of aromatic carboxylic acids is 1. The molecule has 0 bridgehead atoms. The summed E-state index contributed by atoms with van der Waals surface area (Å²) in [5.41, 5.74) is 0.665. The van der Waals surface area contributed by atoms with E-state index in [0.29, 0.717) is 23.9 Å². The van der Waals surface area contributed by atoms with Gasteiger partial charge in [0, 0.05) is 24.8 Å². The van der Waals surface area contributed by atoms with E-state index in [0.717, 1.165) is 13.0 Å². The van der Waals surface area contributed by atoms with E-state index in [4.69, 9.17) is 14.6 Å². The van der Waals surface area contributed by atoms with E-state index < -0.39 is 5.97 Å². The predicted molar refractivity (Wildman–Crippen MR) is 70.2 cm³/mol. The number of nitrogens with zero attached hydrogens (tertiary/aromatic N) is 1. The van der Waals surface area contributed by atoms with Crippen LogP contribution in [0.3, 0.4) is 0 Å². The molecule has 5 heteroatoms. The van der Waals surface area contributed by atoms with Crippen LogP contribution in [-0.4, -0.2) is 40.3 Å². The number of aliphatic hydroxyl groups is 1. The molecule has 1 fully saturated rings. The van der Waals surface area contributed by atoms with Crippen LogP contribution in [0.1, 0.15) is 47.6 Å². The molecule has 0 aliphatic heterocycles. The number of hydrogen-bond acceptors (Lipinski definition) is 4. The number of rotatable bonds is 7. The van der Waals surface area contributed by atoms with Crippen molar-refractivity contribution in [3.8, 4) is 0 Å². The van der Waals surface area contributed by atoms with Crippen LogP contribution in [0.5, 0.6) is 0 Å². The molecule has 1 heterocycles. The quantitative estimate of drug-likeness (QED) is 0.790. The number of furan rings is 1. The Balaban J connectivity index is 2.03. The molecular formula is C14H21NO4. The normalized spacial score (nSPS) is 15.7. The zero-order valence-corrected chi connectivity index (χ0v) is 11.3. The molecule has 106 valence electrons. The van der Waals surface area contributed by atoms with E-state index in [2.05, 4.69) is 4.90 Å². The highest BCUT2D eigenvalue weighted by molar-refractivity contribution is 5.86. The summed E-state index contributed by atoms with van der Waals surface area (Å²) in [6, 6.07) is 2.35. The minimum Gasteiger partial charge on any atom is -0.475 e. The van der Waals surface area contributed by atoms with Gasteiger partial charge in [0.25, 0.3) is 0 Å². The van der Waals surface area contributed by atoms with E-state index in [1.54, 1.807) is 13.0 Å². The predicted octanol–water partition coefficient (Wildman–Crippen LogP) is 2.02. The van der Waals surface area contributed by atoms with Crippen LogP contribution in [-0.2, 0) is 6.54 Å². The van der Waals surface area contributed by atoms with Crippen LogP contribution in [0.4, 0.5) is 0 Å². The van der Waals surface area contributed by atoms with Gasteiger partial charge in [-0.2, -0.15) is 0 Å². The second-order valence-corrected chi connectivity index (χ2v) is 5.16. The molecule has 0 aromatic carbocycles. The largest absolute Gasteiger partial charge is 0.475 e. The number of aryl methyl sites for hydroxylation is 1. The van der Waals surface area contributed by atoms with E-state index in [1.165, 1.54) is 19.3 Å². The molecule has 0 amide bonds. The SMILES string of the molecule is Cc1cc(CN(CCCO)C2CCC2)oc1C(=O)O. The molecule has 2 N–H and O–H groups in total. The van der Waals surface area contributed by atoms with E-state index in [9.17, 15) is 4.79 Å². The maximum atomic E-state index is 11.0. The fourth-order valence-corrected chi connectivity index (χ4v) is 2.45. The van der Waals surface area contributed by atoms with Crippen molar-refractivity contribution in [2.75, 3.05) is 13.2 Å². The summed E-state index contributed by atoms with van der Waals surface area (Å²) in [5, 5.41) is 17.9. The van der Waals surface area contributed by atoms with Crippen molar-refractivity contribution >= 4 is 5.97 Å². The topological polar surface area (TPSA) is 73.9 Å². The molecule has 5 nitrogen and oxygen atoms in total. The number of hydrogen-bond donors (Lipinski definition) is 2. The summed E-state index contributed by atoms with van der Waals surface area (Å²) in [6.07, 6.45) is 4.34. The molecule has 0 atom stereocenters. The Bertz CT molecular complexity index is 437. The van der Waals surface area contributed by atoms with Gasteiger partial charge in [-0.25, -0.2) is 4.79 Å². The maximum Gasteiger partial charge on any atom is 0.372 e. The smallest absolute Gasteiger partial charge is 0.372 e. The Kier molecular flexibility index (Phi) is 4.61. The van der Waals surface area contributed by atoms with Crippen molar-refractivity contribution in [1.29, 1.82) is 0 Å². The van der Waals surface area contributed by atoms with Crippen LogP contribution >= 0.6 is 0 Å². The van der Waals surface area contributed by atoms with Crippen molar-refractivity contribution in [1.82, 2.24) is 4.90 Å². The van der Waals surface area contributed by atoms with Crippen LogP contribution < -0.4 is 0 Å². The van der Waals surface area contributed by atoms with Gasteiger partial charge in [0.1, 0.15) is 5.76 Å². The fourth-order valence-electron chi connectivity index (χ4n) is 2.45. The Morgan fingerprint density at radius 1 is 1.53 bits per heavy atom. The van der Waals surface area contributed by atoms with Gasteiger partial charge in [0.15, 0.2) is 0 Å². The van der Waals surface area contributed by atoms with Crippen molar-refractivity contribution in [3.05, 3.63) is 23.2 Å². The monoisotopic (exact) mass is 267 g/mol. The number of aliphatic hydroxyl groups excluding tert-OH is 1. The maximum absolute atomic E-state index is 11.0. The lowest BCUT2D eigenvalue weighted by Crippen LogP contribution is -2.40. The molecule has 0 spiro atoms. The van der Waals surface area contributed by atoms with Crippen LogP contribution in [0.2, 0.25) is 0 Å². The first-order valence-electron chi connectivity index (χ1n) is 6.79. The van der Waals surface area contributed by atoms with Gasteiger partial charge in [-0.15, -0.1) is 0 Å². The Hall–Kier alpha value is -1.33. The average molecular weight is 267 g/mol. The minimum absolute atomic E-state index is 0.0331. The first-order valence-corrected chi connectivity index (χ1v) is 6.79. The first kappa shape index (κ1) is 14.1. The van der Waals surface area contributed by atoms with E-state index in [-0.39, 0.29) is 12.4 Å². The molecule has 0 saturated heterocycles. The lowest BCUT2D eigenvalue weighted by atomic mass is 9.91. The second kappa shape index (κ2) is 6.21. The summed E-state index contributed by atoms with van der Waals surface area (Å²) in [4.78, 5) is 13.2. The molecule has 1 saturated carbocycles. The van der Waals surface area contributed by atoms with Crippen LogP contribution in [0.25, 0.3) is 0 Å². The number of carboxylic acid groups (broad SMARTS) is 1. The first-order chi connectivity index (χ1) is 9.11. The minimum atomic E-state index is -1.02. The summed E-state index contributed by atoms with van der Waals surface area (Å²) in [5.74, 6) is -0.292. The Morgan fingerprint density at radius 2 is 2.26 bits per heavy atom. The third-order valence-electron chi connectivity index (χ3n) is 3.72. The molecule has 1 aromatic heterocycles. The van der Waals surface area contributed by atoms with E-state index in [1.807, 2.05) is 0 Å². The van der Waals surface area contributed by atoms with Crippen molar-refractivity contribution in [2.24, 2.45) is 0 Å². The zero-order valence-electron chi connectivity index (χ0n) is 11.3. The van der Waals surface area contributed by atoms with Gasteiger partial charge in [0.05, 0.1) is 6.54 Å². The highest BCUT2D eigenvalue weighted by Crippen LogP contribution is 2.27. The summed E-state index contributed by atoms with van der Waals surface area (Å²) >= 11 is 0. The molecule has 0 unspecified atom stereocenters. The van der Waals surface area contributed by atoms with Gasteiger partial charge in [-0.3, -0.25) is 4.90 Å². The summed E-state index contributed by atoms with van der Waals surface area (Å²) < 4.78 is 5.40. The summed E-state index contributed by atoms with van der Waals surface area (Å²) in [7, 11) is 0. The van der Waals surface area contributed by atoms with Gasteiger partial charge in [0.2, 0.25) is 5.76 Å². The average Bonchev–Trinajstić information content (AvgIpc) is 2.65. The molecule has 19 heavy (non-hydrogen) atoms. The molecule has 1 aliphatic carbocycles.